The second-order valence-electron chi connectivity index (χ2n) is 6.29. The van der Waals surface area contributed by atoms with E-state index in [9.17, 15) is 4.79 Å². The first-order valence-electron chi connectivity index (χ1n) is 8.70. The lowest BCUT2D eigenvalue weighted by Gasteiger charge is -2.13. The molecule has 1 aliphatic rings. The first-order chi connectivity index (χ1) is 12.8. The van der Waals surface area contributed by atoms with Crippen molar-refractivity contribution in [1.82, 2.24) is 20.0 Å². The van der Waals surface area contributed by atoms with Crippen molar-refractivity contribution in [3.05, 3.63) is 60.6 Å². The van der Waals surface area contributed by atoms with Gasteiger partial charge in [-0.05, 0) is 54.9 Å². The molecule has 0 aliphatic carbocycles. The van der Waals surface area contributed by atoms with Crippen molar-refractivity contribution in [3.63, 3.8) is 0 Å². The summed E-state index contributed by atoms with van der Waals surface area (Å²) < 4.78 is 7.80. The van der Waals surface area contributed by atoms with E-state index in [2.05, 4.69) is 20.9 Å². The molecule has 1 fully saturated rings. The van der Waals surface area contributed by atoms with Crippen LogP contribution >= 0.6 is 0 Å². The molecule has 3 N–H and O–H groups in total. The highest BCUT2D eigenvalue weighted by molar-refractivity contribution is 5.89. The van der Waals surface area contributed by atoms with Crippen molar-refractivity contribution in [3.8, 4) is 5.75 Å². The van der Waals surface area contributed by atoms with Crippen molar-refractivity contribution in [1.29, 1.82) is 0 Å². The number of ether oxygens (including phenoxy) is 1. The van der Waals surface area contributed by atoms with Crippen molar-refractivity contribution < 1.29 is 9.53 Å². The molecular weight excluding hydrogens is 330 g/mol. The van der Waals surface area contributed by atoms with Crippen LogP contribution < -0.4 is 20.7 Å². The molecule has 1 unspecified atom stereocenters. The third-order valence-corrected chi connectivity index (χ3v) is 4.35. The molecule has 1 saturated heterocycles. The van der Waals surface area contributed by atoms with Gasteiger partial charge in [0.2, 0.25) is 0 Å². The summed E-state index contributed by atoms with van der Waals surface area (Å²) in [5.74, 6) is 0.817. The van der Waals surface area contributed by atoms with Crippen LogP contribution in [0.15, 0.2) is 55.0 Å². The molecule has 0 spiro atoms. The van der Waals surface area contributed by atoms with E-state index >= 15 is 0 Å². The van der Waals surface area contributed by atoms with Crippen LogP contribution in [0.2, 0.25) is 0 Å². The number of hydrogen-bond acceptors (Lipinski definition) is 4. The number of rotatable bonds is 5. The third kappa shape index (κ3) is 3.94. The average Bonchev–Trinajstić information content (AvgIpc) is 3.33. The predicted molar refractivity (Wildman–Crippen MR) is 99.4 cm³/mol. The van der Waals surface area contributed by atoms with Gasteiger partial charge in [-0.3, -0.25) is 0 Å². The van der Waals surface area contributed by atoms with Gasteiger partial charge in [0, 0.05) is 37.4 Å². The second kappa shape index (κ2) is 7.45. The van der Waals surface area contributed by atoms with E-state index in [-0.39, 0.29) is 12.1 Å². The number of nitrogens with zero attached hydrogens (tertiary/aromatic N) is 2. The minimum atomic E-state index is -0.248. The van der Waals surface area contributed by atoms with Gasteiger partial charge in [-0.25, -0.2) is 9.78 Å². The molecule has 0 bridgehead atoms. The number of anilines is 1. The van der Waals surface area contributed by atoms with Crippen LogP contribution in [0.25, 0.3) is 5.65 Å². The number of pyridine rings is 1. The van der Waals surface area contributed by atoms with Crippen LogP contribution in [0, 0.1) is 0 Å². The Morgan fingerprint density at radius 1 is 1.27 bits per heavy atom. The number of carbonyl (C=O) groups is 1. The Morgan fingerprint density at radius 2 is 2.15 bits per heavy atom. The molecule has 0 saturated carbocycles. The standard InChI is InChI=1S/C19H21N5O2/c25-19(22-12-14-6-9-24-10-8-21-18(24)11-14)23-15-1-3-16(4-2-15)26-17-5-7-20-13-17/h1-4,6,8-11,17,20H,5,7,12-13H2,(H2,22,23,25). The molecule has 134 valence electrons. The number of amides is 2. The van der Waals surface area contributed by atoms with Crippen molar-refractivity contribution in [2.45, 2.75) is 19.1 Å². The zero-order valence-electron chi connectivity index (χ0n) is 14.3. The minimum Gasteiger partial charge on any atom is -0.489 e. The van der Waals surface area contributed by atoms with E-state index in [1.807, 2.05) is 53.2 Å². The van der Waals surface area contributed by atoms with E-state index in [1.165, 1.54) is 0 Å². The van der Waals surface area contributed by atoms with Gasteiger partial charge >= 0.3 is 6.03 Å². The van der Waals surface area contributed by atoms with Crippen molar-refractivity contribution >= 4 is 17.4 Å². The number of imidazole rings is 1. The maximum atomic E-state index is 12.1. The van der Waals surface area contributed by atoms with Gasteiger partial charge in [0.25, 0.3) is 0 Å². The first kappa shape index (κ1) is 16.4. The van der Waals surface area contributed by atoms with Gasteiger partial charge < -0.3 is 25.1 Å². The Kier molecular flexibility index (Phi) is 4.70. The van der Waals surface area contributed by atoms with Gasteiger partial charge in [0.15, 0.2) is 0 Å². The van der Waals surface area contributed by atoms with E-state index < -0.39 is 0 Å². The highest BCUT2D eigenvalue weighted by Gasteiger charge is 2.15. The van der Waals surface area contributed by atoms with E-state index in [1.54, 1.807) is 6.20 Å². The molecule has 4 rings (SSSR count). The molecule has 26 heavy (non-hydrogen) atoms. The molecule has 2 aromatic heterocycles. The molecule has 3 aromatic rings. The first-order valence-corrected chi connectivity index (χ1v) is 8.70. The molecule has 7 heteroatoms. The van der Waals surface area contributed by atoms with Crippen LogP contribution in [0.3, 0.4) is 0 Å². The summed E-state index contributed by atoms with van der Waals surface area (Å²) in [5, 5.41) is 8.95. The monoisotopic (exact) mass is 351 g/mol. The third-order valence-electron chi connectivity index (χ3n) is 4.35. The predicted octanol–water partition coefficient (Wildman–Crippen LogP) is 2.40. The maximum Gasteiger partial charge on any atom is 0.319 e. The lowest BCUT2D eigenvalue weighted by molar-refractivity contribution is 0.223. The largest absolute Gasteiger partial charge is 0.489 e. The maximum absolute atomic E-state index is 12.1. The number of benzene rings is 1. The number of nitrogens with one attached hydrogen (secondary N) is 3. The molecule has 2 amide bonds. The Hall–Kier alpha value is -3.06. The molecule has 0 radical (unpaired) electrons. The zero-order chi connectivity index (χ0) is 17.8. The molecule has 3 heterocycles. The van der Waals surface area contributed by atoms with Crippen LogP contribution in [-0.4, -0.2) is 34.6 Å². The summed E-state index contributed by atoms with van der Waals surface area (Å²) >= 11 is 0. The zero-order valence-corrected chi connectivity index (χ0v) is 14.3. The molecule has 1 aromatic carbocycles. The summed E-state index contributed by atoms with van der Waals surface area (Å²) in [6, 6.07) is 11.1. The Bertz CT molecular complexity index is 884. The number of carbonyl (C=O) groups excluding carboxylic acids is 1. The van der Waals surface area contributed by atoms with E-state index in [0.29, 0.717) is 6.54 Å². The van der Waals surface area contributed by atoms with Gasteiger partial charge in [-0.2, -0.15) is 0 Å². The van der Waals surface area contributed by atoms with Gasteiger partial charge in [0.05, 0.1) is 0 Å². The fraction of sp³-hybridized carbons (Fsp3) is 0.263. The Balaban J connectivity index is 1.28. The normalized spacial score (nSPS) is 16.5. The van der Waals surface area contributed by atoms with Crippen molar-refractivity contribution in [2.24, 2.45) is 0 Å². The summed E-state index contributed by atoms with van der Waals surface area (Å²) in [6.45, 7) is 2.32. The van der Waals surface area contributed by atoms with Gasteiger partial charge in [-0.15, -0.1) is 0 Å². The fourth-order valence-electron chi connectivity index (χ4n) is 2.96. The summed E-state index contributed by atoms with van der Waals surface area (Å²) in [4.78, 5) is 16.3. The van der Waals surface area contributed by atoms with Crippen LogP contribution in [0.1, 0.15) is 12.0 Å². The number of hydrogen-bond donors (Lipinski definition) is 3. The van der Waals surface area contributed by atoms with Gasteiger partial charge in [-0.1, -0.05) is 0 Å². The molecule has 7 nitrogen and oxygen atoms in total. The quantitative estimate of drug-likeness (QED) is 0.659. The summed E-state index contributed by atoms with van der Waals surface area (Å²) in [6.07, 6.45) is 6.80. The smallest absolute Gasteiger partial charge is 0.319 e. The van der Waals surface area contributed by atoms with E-state index in [4.69, 9.17) is 4.74 Å². The van der Waals surface area contributed by atoms with E-state index in [0.717, 1.165) is 42.2 Å². The molecule has 1 atom stereocenters. The molecule has 1 aliphatic heterocycles. The second-order valence-corrected chi connectivity index (χ2v) is 6.29. The number of fused-ring (bicyclic) bond motifs is 1. The number of aromatic nitrogens is 2. The lowest BCUT2D eigenvalue weighted by Crippen LogP contribution is -2.28. The summed E-state index contributed by atoms with van der Waals surface area (Å²) in [7, 11) is 0. The Morgan fingerprint density at radius 3 is 2.96 bits per heavy atom. The highest BCUT2D eigenvalue weighted by atomic mass is 16.5. The van der Waals surface area contributed by atoms with Crippen LogP contribution in [0.5, 0.6) is 5.75 Å². The minimum absolute atomic E-state index is 0.226. The van der Waals surface area contributed by atoms with Crippen molar-refractivity contribution in [2.75, 3.05) is 18.4 Å². The number of urea groups is 1. The summed E-state index contributed by atoms with van der Waals surface area (Å²) in [5.41, 5.74) is 2.58. The topological polar surface area (TPSA) is 79.7 Å². The SMILES string of the molecule is O=C(NCc1ccn2ccnc2c1)Nc1ccc(OC2CCNC2)cc1. The highest BCUT2D eigenvalue weighted by Crippen LogP contribution is 2.18. The Labute approximate surface area is 151 Å². The fourth-order valence-corrected chi connectivity index (χ4v) is 2.96. The average molecular weight is 351 g/mol. The lowest BCUT2D eigenvalue weighted by atomic mass is 10.2. The van der Waals surface area contributed by atoms with Crippen LogP contribution in [-0.2, 0) is 6.54 Å². The van der Waals surface area contributed by atoms with Gasteiger partial charge in [0.1, 0.15) is 17.5 Å². The van der Waals surface area contributed by atoms with Crippen LogP contribution in [0.4, 0.5) is 10.5 Å². The molecular formula is C19H21N5O2.